The van der Waals surface area contributed by atoms with Crippen LogP contribution in [0.3, 0.4) is 0 Å². The summed E-state index contributed by atoms with van der Waals surface area (Å²) in [6, 6.07) is 9.54. The Labute approximate surface area is 177 Å². The molecular weight excluding hydrogens is 405 g/mol. The molecule has 2 amide bonds. The number of para-hydroxylation sites is 1. The smallest absolute Gasteiger partial charge is 0.260 e. The first kappa shape index (κ1) is 20.7. The van der Waals surface area contributed by atoms with Gasteiger partial charge in [0.05, 0.1) is 30.3 Å². The molecule has 0 atom stereocenters. The van der Waals surface area contributed by atoms with Crippen LogP contribution in [-0.4, -0.2) is 60.4 Å². The molecule has 1 fully saturated rings. The highest BCUT2D eigenvalue weighted by Crippen LogP contribution is 2.35. The van der Waals surface area contributed by atoms with Crippen LogP contribution in [0.15, 0.2) is 42.1 Å². The predicted octanol–water partition coefficient (Wildman–Crippen LogP) is 2.05. The summed E-state index contributed by atoms with van der Waals surface area (Å²) < 4.78 is 24.9. The van der Waals surface area contributed by atoms with Gasteiger partial charge in [0.15, 0.2) is 12.4 Å². The number of nitrogens with zero attached hydrogens (tertiary/aromatic N) is 3. The van der Waals surface area contributed by atoms with Gasteiger partial charge in [-0.3, -0.25) is 19.3 Å². The van der Waals surface area contributed by atoms with E-state index in [0.717, 1.165) is 0 Å². The van der Waals surface area contributed by atoms with E-state index in [1.807, 2.05) is 0 Å². The van der Waals surface area contributed by atoms with Crippen LogP contribution in [0.25, 0.3) is 6.08 Å². The number of rotatable bonds is 4. The number of anilines is 1. The van der Waals surface area contributed by atoms with Gasteiger partial charge in [0.2, 0.25) is 11.7 Å². The van der Waals surface area contributed by atoms with Crippen LogP contribution < -0.4 is 9.64 Å². The van der Waals surface area contributed by atoms with Crippen LogP contribution >= 0.6 is 0 Å². The summed E-state index contributed by atoms with van der Waals surface area (Å²) >= 11 is 0. The molecule has 8 nitrogen and oxygen atoms in total. The standard InChI is InChI=1S/C22H20FN3O5/c1-14(27)26-17-5-3-2-4-16(17)21(29)18(26)12-15-6-7-19(22(23)24-15)31-13-20(28)25-8-10-30-11-9-25/h2-7,12H,8-11,13H2,1H3/b18-12-. The monoisotopic (exact) mass is 425 g/mol. The van der Waals surface area contributed by atoms with E-state index < -0.39 is 5.95 Å². The number of allylic oxidation sites excluding steroid dienone is 1. The zero-order chi connectivity index (χ0) is 22.0. The van der Waals surface area contributed by atoms with Crippen LogP contribution in [-0.2, 0) is 14.3 Å². The van der Waals surface area contributed by atoms with Crippen molar-refractivity contribution in [3.63, 3.8) is 0 Å². The molecule has 1 saturated heterocycles. The molecule has 1 aromatic heterocycles. The first-order valence-corrected chi connectivity index (χ1v) is 9.76. The van der Waals surface area contributed by atoms with Crippen molar-refractivity contribution >= 4 is 29.4 Å². The Balaban J connectivity index is 1.51. The SMILES string of the molecule is CC(=O)N1/C(=C\c2ccc(OCC(=O)N3CCOCC3)c(F)n2)C(=O)c2ccccc21. The van der Waals surface area contributed by atoms with Crippen LogP contribution in [0.1, 0.15) is 23.0 Å². The molecule has 2 aliphatic rings. The van der Waals surface area contributed by atoms with Gasteiger partial charge in [-0.1, -0.05) is 12.1 Å². The number of aromatic nitrogens is 1. The quantitative estimate of drug-likeness (QED) is 0.550. The number of amides is 2. The molecule has 0 bridgehead atoms. The van der Waals surface area contributed by atoms with Crippen molar-refractivity contribution in [2.75, 3.05) is 37.8 Å². The fraction of sp³-hybridized carbons (Fsp3) is 0.273. The lowest BCUT2D eigenvalue weighted by Gasteiger charge is -2.26. The van der Waals surface area contributed by atoms with Gasteiger partial charge in [-0.15, -0.1) is 0 Å². The van der Waals surface area contributed by atoms with Gasteiger partial charge < -0.3 is 14.4 Å². The third-order valence-corrected chi connectivity index (χ3v) is 5.01. The number of ether oxygens (including phenoxy) is 2. The maximum Gasteiger partial charge on any atom is 0.260 e. The fourth-order valence-corrected chi connectivity index (χ4v) is 3.51. The van der Waals surface area contributed by atoms with Gasteiger partial charge >= 0.3 is 0 Å². The Bertz CT molecular complexity index is 1080. The highest BCUT2D eigenvalue weighted by atomic mass is 19.1. The lowest BCUT2D eigenvalue weighted by molar-refractivity contribution is -0.137. The Hall–Kier alpha value is -3.59. The maximum atomic E-state index is 14.5. The lowest BCUT2D eigenvalue weighted by atomic mass is 10.1. The van der Waals surface area contributed by atoms with E-state index in [1.165, 1.54) is 30.0 Å². The van der Waals surface area contributed by atoms with Gasteiger partial charge in [-0.25, -0.2) is 4.98 Å². The fourth-order valence-electron chi connectivity index (χ4n) is 3.51. The zero-order valence-electron chi connectivity index (χ0n) is 16.8. The Morgan fingerprint density at radius 3 is 2.65 bits per heavy atom. The minimum absolute atomic E-state index is 0.0942. The zero-order valence-corrected chi connectivity index (χ0v) is 16.8. The molecule has 0 spiro atoms. The van der Waals surface area contributed by atoms with Crippen LogP contribution in [0.4, 0.5) is 10.1 Å². The van der Waals surface area contributed by atoms with Crippen molar-refractivity contribution in [2.45, 2.75) is 6.92 Å². The molecule has 0 unspecified atom stereocenters. The van der Waals surface area contributed by atoms with Crippen LogP contribution in [0.5, 0.6) is 5.75 Å². The van der Waals surface area contributed by atoms with Crippen molar-refractivity contribution in [2.24, 2.45) is 0 Å². The van der Waals surface area contributed by atoms with Gasteiger partial charge in [0, 0.05) is 25.6 Å². The third kappa shape index (κ3) is 4.17. The highest BCUT2D eigenvalue weighted by molar-refractivity contribution is 6.26. The Morgan fingerprint density at radius 1 is 1.19 bits per heavy atom. The summed E-state index contributed by atoms with van der Waals surface area (Å²) in [7, 11) is 0. The summed E-state index contributed by atoms with van der Waals surface area (Å²) in [6.45, 7) is 2.90. The molecule has 3 heterocycles. The minimum atomic E-state index is -0.915. The second-order valence-electron chi connectivity index (χ2n) is 7.04. The van der Waals surface area contributed by atoms with Crippen molar-refractivity contribution in [1.29, 1.82) is 0 Å². The summed E-state index contributed by atoms with van der Waals surface area (Å²) in [5.74, 6) is -2.04. The lowest BCUT2D eigenvalue weighted by Crippen LogP contribution is -2.43. The van der Waals surface area contributed by atoms with E-state index in [1.54, 1.807) is 29.2 Å². The molecule has 1 aromatic carbocycles. The number of carbonyl (C=O) groups is 3. The summed E-state index contributed by atoms with van der Waals surface area (Å²) in [6.07, 6.45) is 1.36. The largest absolute Gasteiger partial charge is 0.479 e. The predicted molar refractivity (Wildman–Crippen MR) is 109 cm³/mol. The molecule has 0 aliphatic carbocycles. The van der Waals surface area contributed by atoms with Crippen molar-refractivity contribution < 1.29 is 28.2 Å². The maximum absolute atomic E-state index is 14.5. The molecule has 0 radical (unpaired) electrons. The molecule has 160 valence electrons. The molecule has 2 aromatic rings. The van der Waals surface area contributed by atoms with Gasteiger partial charge in [0.1, 0.15) is 0 Å². The first-order valence-electron chi connectivity index (χ1n) is 9.76. The van der Waals surface area contributed by atoms with Gasteiger partial charge in [-0.2, -0.15) is 4.39 Å². The molecule has 0 saturated carbocycles. The number of hydrogen-bond donors (Lipinski definition) is 0. The van der Waals surface area contributed by atoms with E-state index in [4.69, 9.17) is 9.47 Å². The second kappa shape index (κ2) is 8.65. The van der Waals surface area contributed by atoms with E-state index in [9.17, 15) is 18.8 Å². The molecule has 2 aliphatic heterocycles. The van der Waals surface area contributed by atoms with E-state index in [2.05, 4.69) is 4.98 Å². The number of morpholine rings is 1. The van der Waals surface area contributed by atoms with Gasteiger partial charge in [0.25, 0.3) is 11.9 Å². The van der Waals surface area contributed by atoms with E-state index >= 15 is 0 Å². The van der Waals surface area contributed by atoms with Crippen LogP contribution in [0.2, 0.25) is 0 Å². The second-order valence-corrected chi connectivity index (χ2v) is 7.04. The molecule has 9 heteroatoms. The highest BCUT2D eigenvalue weighted by Gasteiger charge is 2.34. The number of fused-ring (bicyclic) bond motifs is 1. The average molecular weight is 425 g/mol. The number of carbonyl (C=O) groups excluding carboxylic acids is 3. The molecular formula is C22H20FN3O5. The minimum Gasteiger partial charge on any atom is -0.479 e. The summed E-state index contributed by atoms with van der Waals surface area (Å²) in [5.41, 5.74) is 1.11. The van der Waals surface area contributed by atoms with E-state index in [-0.39, 0.29) is 41.3 Å². The number of ketones is 1. The summed E-state index contributed by atoms with van der Waals surface area (Å²) in [4.78, 5) is 43.7. The number of pyridine rings is 1. The molecule has 31 heavy (non-hydrogen) atoms. The van der Waals surface area contributed by atoms with Crippen LogP contribution in [0, 0.1) is 5.95 Å². The molecule has 4 rings (SSSR count). The van der Waals surface area contributed by atoms with Crippen molar-refractivity contribution in [3.8, 4) is 5.75 Å². The van der Waals surface area contributed by atoms with Crippen molar-refractivity contribution in [1.82, 2.24) is 9.88 Å². The third-order valence-electron chi connectivity index (χ3n) is 5.01. The summed E-state index contributed by atoms with van der Waals surface area (Å²) in [5, 5.41) is 0. The van der Waals surface area contributed by atoms with Gasteiger partial charge in [-0.05, 0) is 30.3 Å². The Morgan fingerprint density at radius 2 is 1.94 bits per heavy atom. The van der Waals surface area contributed by atoms with E-state index in [0.29, 0.717) is 37.6 Å². The molecule has 0 N–H and O–H groups in total. The number of Topliss-reactive ketones (excluding diaryl/α,β-unsaturated/α-hetero) is 1. The topological polar surface area (TPSA) is 89.0 Å². The number of hydrogen-bond acceptors (Lipinski definition) is 6. The number of benzene rings is 1. The van der Waals surface area contributed by atoms with Crippen molar-refractivity contribution in [3.05, 3.63) is 59.3 Å². The Kier molecular flexibility index (Phi) is 5.77. The average Bonchev–Trinajstić information content (AvgIpc) is 3.05. The first-order chi connectivity index (χ1) is 15.0. The number of halogens is 1. The normalized spacial score (nSPS) is 17.1.